The predicted molar refractivity (Wildman–Crippen MR) is 84.9 cm³/mol. The van der Waals surface area contributed by atoms with Crippen LogP contribution in [0.15, 0.2) is 24.4 Å². The third-order valence-electron chi connectivity index (χ3n) is 2.84. The highest BCUT2D eigenvalue weighted by atomic mass is 32.1. The fourth-order valence-electron chi connectivity index (χ4n) is 1.72. The molecule has 0 atom stereocenters. The molecule has 0 saturated carbocycles. The van der Waals surface area contributed by atoms with Gasteiger partial charge in [-0.15, -0.1) is 11.3 Å². The highest BCUT2D eigenvalue weighted by Gasteiger charge is 2.15. The van der Waals surface area contributed by atoms with Gasteiger partial charge >= 0.3 is 0 Å². The van der Waals surface area contributed by atoms with Crippen molar-refractivity contribution in [2.75, 3.05) is 32.3 Å². The Balaban J connectivity index is 2.07. The van der Waals surface area contributed by atoms with E-state index in [4.69, 9.17) is 10.5 Å². The van der Waals surface area contributed by atoms with Crippen molar-refractivity contribution in [3.8, 4) is 5.88 Å². The summed E-state index contributed by atoms with van der Waals surface area (Å²) in [7, 11) is 4.99. The lowest BCUT2D eigenvalue weighted by Gasteiger charge is -2.08. The molecule has 0 unspecified atom stereocenters. The van der Waals surface area contributed by atoms with Gasteiger partial charge in [0, 0.05) is 32.9 Å². The van der Waals surface area contributed by atoms with Crippen molar-refractivity contribution < 1.29 is 9.53 Å². The minimum Gasteiger partial charge on any atom is -0.481 e. The molecule has 0 radical (unpaired) electrons. The van der Waals surface area contributed by atoms with Gasteiger partial charge in [-0.1, -0.05) is 0 Å². The number of thiophene rings is 1. The number of ether oxygens (including phenoxy) is 1. The summed E-state index contributed by atoms with van der Waals surface area (Å²) in [6.45, 7) is 0.606. The van der Waals surface area contributed by atoms with E-state index in [1.54, 1.807) is 33.5 Å². The molecule has 0 spiro atoms. The summed E-state index contributed by atoms with van der Waals surface area (Å²) in [5.41, 5.74) is 7.42. The minimum absolute atomic E-state index is 0.0869. The second-order valence-electron chi connectivity index (χ2n) is 4.65. The molecule has 0 aromatic carbocycles. The molecule has 0 aliphatic heterocycles. The lowest BCUT2D eigenvalue weighted by atomic mass is 10.2. The molecule has 3 N–H and O–H groups in total. The van der Waals surface area contributed by atoms with Crippen LogP contribution in [0.2, 0.25) is 0 Å². The molecule has 2 rings (SSSR count). The zero-order valence-electron chi connectivity index (χ0n) is 12.2. The van der Waals surface area contributed by atoms with E-state index < -0.39 is 0 Å². The molecule has 112 valence electrons. The highest BCUT2D eigenvalue weighted by Crippen LogP contribution is 2.30. The van der Waals surface area contributed by atoms with Gasteiger partial charge in [0.05, 0.1) is 17.8 Å². The molecule has 0 saturated heterocycles. The fourth-order valence-corrected chi connectivity index (χ4v) is 2.72. The van der Waals surface area contributed by atoms with Gasteiger partial charge in [0.1, 0.15) is 4.88 Å². The average Bonchev–Trinajstić information content (AvgIpc) is 2.85. The van der Waals surface area contributed by atoms with Gasteiger partial charge in [-0.05, 0) is 17.7 Å². The molecule has 2 heterocycles. The Morgan fingerprint density at radius 1 is 1.48 bits per heavy atom. The molecule has 2 aromatic heterocycles. The quantitative estimate of drug-likeness (QED) is 0.883. The highest BCUT2D eigenvalue weighted by molar-refractivity contribution is 7.18. The Bertz CT molecular complexity index is 640. The number of hydrogen-bond acceptors (Lipinski definition) is 6. The Morgan fingerprint density at radius 2 is 2.24 bits per heavy atom. The van der Waals surface area contributed by atoms with Crippen molar-refractivity contribution in [2.45, 2.75) is 6.54 Å². The van der Waals surface area contributed by atoms with Crippen LogP contribution in [0.3, 0.4) is 0 Å². The lowest BCUT2D eigenvalue weighted by molar-refractivity contribution is 0.0833. The minimum atomic E-state index is -0.0869. The molecule has 0 bridgehead atoms. The standard InChI is InChI=1S/C14H18N4O2S/c1-18(2)14(19)13-10(15)7-12(21-13)17-8-9-4-5-16-11(6-9)20-3/h4-7,17H,8,15H2,1-3H3. The summed E-state index contributed by atoms with van der Waals surface area (Å²) >= 11 is 1.35. The van der Waals surface area contributed by atoms with Crippen LogP contribution >= 0.6 is 11.3 Å². The second kappa shape index (κ2) is 6.45. The summed E-state index contributed by atoms with van der Waals surface area (Å²) in [5, 5.41) is 4.11. The van der Waals surface area contributed by atoms with Gasteiger partial charge in [-0.25, -0.2) is 4.98 Å². The first-order valence-electron chi connectivity index (χ1n) is 6.35. The number of methoxy groups -OCH3 is 1. The number of carbonyl (C=O) groups excluding carboxylic acids is 1. The van der Waals surface area contributed by atoms with Crippen LogP contribution in [-0.4, -0.2) is 37.0 Å². The zero-order chi connectivity index (χ0) is 15.4. The maximum atomic E-state index is 11.9. The first kappa shape index (κ1) is 15.1. The Morgan fingerprint density at radius 3 is 2.90 bits per heavy atom. The predicted octanol–water partition coefficient (Wildman–Crippen LogP) is 2.05. The van der Waals surface area contributed by atoms with E-state index in [1.807, 2.05) is 12.1 Å². The van der Waals surface area contributed by atoms with Crippen molar-refractivity contribution in [1.29, 1.82) is 0 Å². The van der Waals surface area contributed by atoms with Crippen molar-refractivity contribution in [1.82, 2.24) is 9.88 Å². The third-order valence-corrected chi connectivity index (χ3v) is 3.93. The van der Waals surface area contributed by atoms with Crippen LogP contribution in [0, 0.1) is 0 Å². The van der Waals surface area contributed by atoms with Crippen LogP contribution in [0.1, 0.15) is 15.2 Å². The van der Waals surface area contributed by atoms with Crippen molar-refractivity contribution in [2.24, 2.45) is 0 Å². The molecule has 1 amide bonds. The molecule has 6 nitrogen and oxygen atoms in total. The molecule has 0 fully saturated rings. The van der Waals surface area contributed by atoms with E-state index in [1.165, 1.54) is 16.2 Å². The van der Waals surface area contributed by atoms with Crippen molar-refractivity contribution in [3.63, 3.8) is 0 Å². The molecular weight excluding hydrogens is 288 g/mol. The number of pyridine rings is 1. The van der Waals surface area contributed by atoms with Crippen LogP contribution in [0.5, 0.6) is 5.88 Å². The largest absolute Gasteiger partial charge is 0.481 e. The van der Waals surface area contributed by atoms with Crippen LogP contribution < -0.4 is 15.8 Å². The summed E-state index contributed by atoms with van der Waals surface area (Å²) in [6.07, 6.45) is 1.69. The van der Waals surface area contributed by atoms with Gasteiger partial charge in [-0.3, -0.25) is 4.79 Å². The summed E-state index contributed by atoms with van der Waals surface area (Å²) in [5.74, 6) is 0.486. The maximum Gasteiger partial charge on any atom is 0.265 e. The molecule has 2 aromatic rings. The Labute approximate surface area is 127 Å². The normalized spacial score (nSPS) is 10.2. The number of nitrogen functional groups attached to an aromatic ring is 1. The summed E-state index contributed by atoms with van der Waals surface area (Å²) < 4.78 is 5.08. The topological polar surface area (TPSA) is 80.5 Å². The number of anilines is 2. The number of hydrogen-bond donors (Lipinski definition) is 2. The Hall–Kier alpha value is -2.28. The van der Waals surface area contributed by atoms with E-state index in [2.05, 4.69) is 10.3 Å². The van der Waals surface area contributed by atoms with Gasteiger partial charge < -0.3 is 20.7 Å². The molecular formula is C14H18N4O2S. The number of nitrogens with two attached hydrogens (primary N) is 1. The smallest absolute Gasteiger partial charge is 0.265 e. The molecule has 21 heavy (non-hydrogen) atoms. The summed E-state index contributed by atoms with van der Waals surface area (Å²) in [4.78, 5) is 18.1. The molecule has 7 heteroatoms. The number of carbonyl (C=O) groups is 1. The average molecular weight is 306 g/mol. The van der Waals surface area contributed by atoms with E-state index in [0.717, 1.165) is 10.6 Å². The van der Waals surface area contributed by atoms with Crippen LogP contribution in [0.25, 0.3) is 0 Å². The van der Waals surface area contributed by atoms with Crippen LogP contribution in [-0.2, 0) is 6.54 Å². The van der Waals surface area contributed by atoms with Gasteiger partial charge in [0.15, 0.2) is 0 Å². The first-order chi connectivity index (χ1) is 10.0. The van der Waals surface area contributed by atoms with Crippen molar-refractivity contribution >= 4 is 27.9 Å². The number of amides is 1. The zero-order valence-corrected chi connectivity index (χ0v) is 13.0. The number of nitrogens with one attached hydrogen (secondary N) is 1. The van der Waals surface area contributed by atoms with Gasteiger partial charge in [0.25, 0.3) is 5.91 Å². The molecule has 0 aliphatic rings. The Kier molecular flexibility index (Phi) is 4.64. The van der Waals surface area contributed by atoms with E-state index in [-0.39, 0.29) is 5.91 Å². The van der Waals surface area contributed by atoms with Gasteiger partial charge in [-0.2, -0.15) is 0 Å². The molecule has 0 aliphatic carbocycles. The fraction of sp³-hybridized carbons (Fsp3) is 0.286. The van der Waals surface area contributed by atoms with E-state index >= 15 is 0 Å². The summed E-state index contributed by atoms with van der Waals surface area (Å²) in [6, 6.07) is 5.54. The first-order valence-corrected chi connectivity index (χ1v) is 7.16. The number of nitrogens with zero attached hydrogens (tertiary/aromatic N) is 2. The number of rotatable bonds is 5. The van der Waals surface area contributed by atoms with Crippen molar-refractivity contribution in [3.05, 3.63) is 34.8 Å². The van der Waals surface area contributed by atoms with E-state index in [9.17, 15) is 4.79 Å². The van der Waals surface area contributed by atoms with E-state index in [0.29, 0.717) is 23.0 Å². The third kappa shape index (κ3) is 3.63. The maximum absolute atomic E-state index is 11.9. The van der Waals surface area contributed by atoms with Crippen LogP contribution in [0.4, 0.5) is 10.7 Å². The SMILES string of the molecule is COc1cc(CNc2cc(N)c(C(=O)N(C)C)s2)ccn1. The monoisotopic (exact) mass is 306 g/mol. The second-order valence-corrected chi connectivity index (χ2v) is 5.71. The number of aromatic nitrogens is 1. The van der Waals surface area contributed by atoms with Gasteiger partial charge in [0.2, 0.25) is 5.88 Å². The lowest BCUT2D eigenvalue weighted by Crippen LogP contribution is -2.21.